The molecule has 0 unspecified atom stereocenters. The number of carbonyl (C=O) groups excluding carboxylic acids is 1. The Balaban J connectivity index is 1.70. The van der Waals surface area contributed by atoms with E-state index in [1.54, 1.807) is 23.1 Å². The van der Waals surface area contributed by atoms with E-state index >= 15 is 0 Å². The monoisotopic (exact) mass is 463 g/mol. The van der Waals surface area contributed by atoms with Crippen molar-refractivity contribution in [3.63, 3.8) is 0 Å². The van der Waals surface area contributed by atoms with E-state index in [4.69, 9.17) is 16.6 Å². The second kappa shape index (κ2) is 9.30. The summed E-state index contributed by atoms with van der Waals surface area (Å²) in [7, 11) is 0. The van der Waals surface area contributed by atoms with Gasteiger partial charge in [-0.2, -0.15) is 0 Å². The number of non-ortho nitro benzene ring substituents is 1. The number of amides is 1. The molecule has 0 aliphatic heterocycles. The summed E-state index contributed by atoms with van der Waals surface area (Å²) >= 11 is 7.73. The number of nitrogens with zero attached hydrogens (tertiary/aromatic N) is 3. The third-order valence-electron chi connectivity index (χ3n) is 4.87. The van der Waals surface area contributed by atoms with Crippen LogP contribution >= 0.6 is 22.9 Å². The first-order valence-corrected chi connectivity index (χ1v) is 11.0. The zero-order chi connectivity index (χ0) is 22.7. The van der Waals surface area contributed by atoms with Crippen LogP contribution in [0, 0.1) is 17.0 Å². The quantitative estimate of drug-likeness (QED) is 0.188. The summed E-state index contributed by atoms with van der Waals surface area (Å²) in [6.07, 6.45) is 2.97. The van der Waals surface area contributed by atoms with Gasteiger partial charge in [0.1, 0.15) is 0 Å². The molecule has 0 bridgehead atoms. The third-order valence-corrected chi connectivity index (χ3v) is 6.40. The number of nitro benzene ring substituents is 1. The van der Waals surface area contributed by atoms with Crippen molar-refractivity contribution in [2.45, 2.75) is 13.5 Å². The van der Waals surface area contributed by atoms with Crippen molar-refractivity contribution < 1.29 is 9.72 Å². The van der Waals surface area contributed by atoms with Crippen LogP contribution in [0.25, 0.3) is 16.3 Å². The fourth-order valence-corrected chi connectivity index (χ4v) is 4.53. The van der Waals surface area contributed by atoms with Gasteiger partial charge < -0.3 is 0 Å². The average Bonchev–Trinajstić information content (AvgIpc) is 3.26. The van der Waals surface area contributed by atoms with Crippen LogP contribution in [-0.4, -0.2) is 15.8 Å². The smallest absolute Gasteiger partial charge is 0.270 e. The molecule has 0 saturated carbocycles. The lowest BCUT2D eigenvalue weighted by molar-refractivity contribution is -0.384. The van der Waals surface area contributed by atoms with E-state index in [-0.39, 0.29) is 11.6 Å². The number of carbonyl (C=O) groups is 1. The fourth-order valence-electron chi connectivity index (χ4n) is 3.21. The van der Waals surface area contributed by atoms with E-state index in [1.165, 1.54) is 29.5 Å². The van der Waals surface area contributed by atoms with Crippen molar-refractivity contribution in [2.24, 2.45) is 0 Å². The van der Waals surface area contributed by atoms with E-state index < -0.39 is 4.92 Å². The molecular weight excluding hydrogens is 446 g/mol. The van der Waals surface area contributed by atoms with Crippen LogP contribution in [0.15, 0.2) is 72.8 Å². The minimum absolute atomic E-state index is 0.0305. The first-order chi connectivity index (χ1) is 15.4. The maximum absolute atomic E-state index is 13.2. The number of aryl methyl sites for hydroxylation is 1. The predicted molar refractivity (Wildman–Crippen MR) is 129 cm³/mol. The van der Waals surface area contributed by atoms with Crippen LogP contribution in [0.1, 0.15) is 16.7 Å². The highest BCUT2D eigenvalue weighted by atomic mass is 35.5. The molecular formula is C24H18ClN3O3S. The maximum Gasteiger partial charge on any atom is 0.270 e. The number of benzene rings is 3. The van der Waals surface area contributed by atoms with Gasteiger partial charge in [0.2, 0.25) is 0 Å². The number of hydrogen-bond donors (Lipinski definition) is 0. The number of nitro groups is 1. The molecule has 32 heavy (non-hydrogen) atoms. The second-order valence-corrected chi connectivity index (χ2v) is 8.52. The first-order valence-electron chi connectivity index (χ1n) is 9.76. The average molecular weight is 464 g/mol. The van der Waals surface area contributed by atoms with E-state index in [9.17, 15) is 14.9 Å². The van der Waals surface area contributed by atoms with Gasteiger partial charge >= 0.3 is 0 Å². The van der Waals surface area contributed by atoms with Gasteiger partial charge in [-0.15, -0.1) is 0 Å². The molecule has 6 nitrogen and oxygen atoms in total. The summed E-state index contributed by atoms with van der Waals surface area (Å²) < 4.78 is 0.829. The van der Waals surface area contributed by atoms with Crippen LogP contribution in [0.3, 0.4) is 0 Å². The largest absolute Gasteiger partial charge is 0.280 e. The van der Waals surface area contributed by atoms with Crippen LogP contribution in [-0.2, 0) is 11.3 Å². The van der Waals surface area contributed by atoms with Gasteiger partial charge in [-0.25, -0.2) is 4.98 Å². The molecule has 1 heterocycles. The molecule has 0 aliphatic carbocycles. The molecule has 0 saturated heterocycles. The molecule has 0 radical (unpaired) electrons. The van der Waals surface area contributed by atoms with E-state index in [0.29, 0.717) is 22.3 Å². The molecule has 0 N–H and O–H groups in total. The molecule has 0 atom stereocenters. The number of aromatic nitrogens is 1. The van der Waals surface area contributed by atoms with Gasteiger partial charge in [-0.05, 0) is 35.8 Å². The zero-order valence-corrected chi connectivity index (χ0v) is 18.6. The van der Waals surface area contributed by atoms with Crippen molar-refractivity contribution in [3.8, 4) is 0 Å². The van der Waals surface area contributed by atoms with Gasteiger partial charge in [0.05, 0.1) is 26.7 Å². The summed E-state index contributed by atoms with van der Waals surface area (Å²) in [4.78, 5) is 30.1. The molecule has 8 heteroatoms. The Hall–Kier alpha value is -3.55. The zero-order valence-electron chi connectivity index (χ0n) is 17.1. The highest BCUT2D eigenvalue weighted by molar-refractivity contribution is 7.23. The Morgan fingerprint density at radius 3 is 2.66 bits per heavy atom. The van der Waals surface area contributed by atoms with E-state index in [0.717, 1.165) is 21.3 Å². The topological polar surface area (TPSA) is 76.3 Å². The number of halogens is 1. The van der Waals surface area contributed by atoms with Crippen molar-refractivity contribution in [1.29, 1.82) is 0 Å². The number of thiazole rings is 1. The predicted octanol–water partition coefficient (Wildman–Crippen LogP) is 6.41. The van der Waals surface area contributed by atoms with E-state index in [1.807, 2.05) is 49.4 Å². The van der Waals surface area contributed by atoms with Crippen LogP contribution in [0.4, 0.5) is 10.8 Å². The number of rotatable bonds is 6. The van der Waals surface area contributed by atoms with Gasteiger partial charge in [0.15, 0.2) is 5.13 Å². The van der Waals surface area contributed by atoms with Crippen LogP contribution < -0.4 is 4.90 Å². The summed E-state index contributed by atoms with van der Waals surface area (Å²) in [6, 6.07) is 19.5. The lowest BCUT2D eigenvalue weighted by Crippen LogP contribution is -2.28. The standard InChI is InChI=1S/C24H18ClN3O3S/c1-16-10-12-20(25)23-22(16)26-24(32-23)27(15-18-6-3-2-4-7-18)21(29)13-11-17-8-5-9-19(14-17)28(30)31/h2-14H,15H2,1H3/b13-11+. The highest BCUT2D eigenvalue weighted by Crippen LogP contribution is 2.36. The molecule has 0 spiro atoms. The van der Waals surface area contributed by atoms with Gasteiger partial charge in [-0.3, -0.25) is 19.8 Å². The first kappa shape index (κ1) is 21.7. The van der Waals surface area contributed by atoms with Crippen LogP contribution in [0.2, 0.25) is 5.02 Å². The van der Waals surface area contributed by atoms with Crippen LogP contribution in [0.5, 0.6) is 0 Å². The molecule has 1 amide bonds. The number of fused-ring (bicyclic) bond motifs is 1. The minimum atomic E-state index is -0.464. The van der Waals surface area contributed by atoms with Crippen molar-refractivity contribution >= 4 is 56.0 Å². The normalized spacial score (nSPS) is 11.2. The molecule has 4 aromatic rings. The Morgan fingerprint density at radius 2 is 1.94 bits per heavy atom. The second-order valence-electron chi connectivity index (χ2n) is 7.13. The molecule has 0 aliphatic rings. The van der Waals surface area contributed by atoms with Gasteiger partial charge in [0.25, 0.3) is 11.6 Å². The summed E-state index contributed by atoms with van der Waals surface area (Å²) in [5, 5.41) is 12.1. The minimum Gasteiger partial charge on any atom is -0.280 e. The van der Waals surface area contributed by atoms with E-state index in [2.05, 4.69) is 0 Å². The third kappa shape index (κ3) is 4.69. The summed E-state index contributed by atoms with van der Waals surface area (Å²) in [5.74, 6) is -0.284. The highest BCUT2D eigenvalue weighted by Gasteiger charge is 2.20. The fraction of sp³-hybridized carbons (Fsp3) is 0.0833. The van der Waals surface area contributed by atoms with Crippen molar-refractivity contribution in [3.05, 3.63) is 105 Å². The number of anilines is 1. The Morgan fingerprint density at radius 1 is 1.16 bits per heavy atom. The van der Waals surface area contributed by atoms with Gasteiger partial charge in [0, 0.05) is 18.2 Å². The number of hydrogen-bond acceptors (Lipinski definition) is 5. The summed E-state index contributed by atoms with van der Waals surface area (Å²) in [6.45, 7) is 2.28. The molecule has 0 fully saturated rings. The molecule has 1 aromatic heterocycles. The molecule has 4 rings (SSSR count). The van der Waals surface area contributed by atoms with Gasteiger partial charge in [-0.1, -0.05) is 71.5 Å². The van der Waals surface area contributed by atoms with Crippen molar-refractivity contribution in [1.82, 2.24) is 4.98 Å². The SMILES string of the molecule is Cc1ccc(Cl)c2sc(N(Cc3ccccc3)C(=O)/C=C/c3cccc([N+](=O)[O-])c3)nc12. The molecule has 3 aromatic carbocycles. The Bertz CT molecular complexity index is 1300. The summed E-state index contributed by atoms with van der Waals surface area (Å²) in [5.41, 5.74) is 3.23. The lowest BCUT2D eigenvalue weighted by Gasteiger charge is -2.18. The maximum atomic E-state index is 13.2. The Kier molecular flexibility index (Phi) is 6.30. The molecule has 160 valence electrons. The van der Waals surface area contributed by atoms with Crippen molar-refractivity contribution in [2.75, 3.05) is 4.90 Å². The lowest BCUT2D eigenvalue weighted by atomic mass is 10.2. The Labute approximate surface area is 193 Å².